The maximum Gasteiger partial charge on any atom is 0.316 e. The molecular formula is C19H19NO5S. The molecule has 0 fully saturated rings. The van der Waals surface area contributed by atoms with E-state index in [0.717, 1.165) is 11.8 Å². The van der Waals surface area contributed by atoms with Crippen LogP contribution in [0.15, 0.2) is 53.4 Å². The van der Waals surface area contributed by atoms with Gasteiger partial charge in [0, 0.05) is 4.90 Å². The van der Waals surface area contributed by atoms with E-state index in [2.05, 4.69) is 5.32 Å². The molecule has 136 valence electrons. The number of benzene rings is 2. The van der Waals surface area contributed by atoms with E-state index in [9.17, 15) is 9.59 Å². The van der Waals surface area contributed by atoms with Gasteiger partial charge in [-0.05, 0) is 31.2 Å². The Morgan fingerprint density at radius 3 is 2.65 bits per heavy atom. The van der Waals surface area contributed by atoms with Crippen molar-refractivity contribution < 1.29 is 24.2 Å². The SMILES string of the molecule is CC(Sc1ccccc1C(=O)NCC1COc2ccccc2O1)C(=O)O. The maximum atomic E-state index is 12.5. The molecule has 3 rings (SSSR count). The molecule has 0 saturated carbocycles. The molecule has 2 atom stereocenters. The van der Waals surface area contributed by atoms with Crippen molar-refractivity contribution >= 4 is 23.6 Å². The molecule has 1 heterocycles. The van der Waals surface area contributed by atoms with E-state index in [1.165, 1.54) is 0 Å². The van der Waals surface area contributed by atoms with Crippen LogP contribution in [0, 0.1) is 0 Å². The van der Waals surface area contributed by atoms with Gasteiger partial charge in [-0.25, -0.2) is 0 Å². The topological polar surface area (TPSA) is 84.9 Å². The molecule has 2 aromatic carbocycles. The van der Waals surface area contributed by atoms with Crippen LogP contribution in [0.2, 0.25) is 0 Å². The number of para-hydroxylation sites is 2. The average molecular weight is 373 g/mol. The molecule has 2 unspecified atom stereocenters. The van der Waals surface area contributed by atoms with Crippen molar-refractivity contribution in [1.82, 2.24) is 5.32 Å². The number of carbonyl (C=O) groups is 2. The highest BCUT2D eigenvalue weighted by molar-refractivity contribution is 8.00. The molecule has 0 aliphatic carbocycles. The number of carboxylic acids is 1. The van der Waals surface area contributed by atoms with Gasteiger partial charge >= 0.3 is 5.97 Å². The zero-order valence-corrected chi connectivity index (χ0v) is 15.0. The first-order valence-corrected chi connectivity index (χ1v) is 9.07. The summed E-state index contributed by atoms with van der Waals surface area (Å²) in [7, 11) is 0. The lowest BCUT2D eigenvalue weighted by molar-refractivity contribution is -0.136. The van der Waals surface area contributed by atoms with Crippen LogP contribution in [0.3, 0.4) is 0 Å². The highest BCUT2D eigenvalue weighted by atomic mass is 32.2. The Bertz CT molecular complexity index is 810. The summed E-state index contributed by atoms with van der Waals surface area (Å²) in [5.41, 5.74) is 0.447. The first kappa shape index (κ1) is 18.1. The van der Waals surface area contributed by atoms with Crippen molar-refractivity contribution in [2.24, 2.45) is 0 Å². The van der Waals surface area contributed by atoms with Crippen LogP contribution in [0.4, 0.5) is 0 Å². The molecule has 7 heteroatoms. The predicted molar refractivity (Wildman–Crippen MR) is 98.1 cm³/mol. The Morgan fingerprint density at radius 2 is 1.88 bits per heavy atom. The summed E-state index contributed by atoms with van der Waals surface area (Å²) in [4.78, 5) is 24.2. The molecule has 2 N–H and O–H groups in total. The quantitative estimate of drug-likeness (QED) is 0.758. The number of hydrogen-bond donors (Lipinski definition) is 2. The number of ether oxygens (including phenoxy) is 2. The summed E-state index contributed by atoms with van der Waals surface area (Å²) < 4.78 is 11.5. The maximum absolute atomic E-state index is 12.5. The summed E-state index contributed by atoms with van der Waals surface area (Å²) in [6.07, 6.45) is -0.286. The van der Waals surface area contributed by atoms with Gasteiger partial charge in [0.15, 0.2) is 11.5 Å². The summed E-state index contributed by atoms with van der Waals surface area (Å²) >= 11 is 1.14. The van der Waals surface area contributed by atoms with Crippen molar-refractivity contribution in [3.05, 3.63) is 54.1 Å². The summed E-state index contributed by atoms with van der Waals surface area (Å²) in [5, 5.41) is 11.3. The van der Waals surface area contributed by atoms with E-state index in [0.29, 0.717) is 35.1 Å². The van der Waals surface area contributed by atoms with Crippen LogP contribution < -0.4 is 14.8 Å². The van der Waals surface area contributed by atoms with Crippen molar-refractivity contribution in [2.75, 3.05) is 13.2 Å². The second-order valence-corrected chi connectivity index (χ2v) is 7.18. The minimum absolute atomic E-state index is 0.270. The van der Waals surface area contributed by atoms with Crippen LogP contribution in [-0.2, 0) is 4.79 Å². The molecule has 2 aromatic rings. The molecule has 6 nitrogen and oxygen atoms in total. The van der Waals surface area contributed by atoms with E-state index >= 15 is 0 Å². The third kappa shape index (κ3) is 4.29. The van der Waals surface area contributed by atoms with Gasteiger partial charge in [0.25, 0.3) is 5.91 Å². The highest BCUT2D eigenvalue weighted by Crippen LogP contribution is 2.31. The zero-order valence-electron chi connectivity index (χ0n) is 14.2. The van der Waals surface area contributed by atoms with E-state index < -0.39 is 11.2 Å². The smallest absolute Gasteiger partial charge is 0.316 e. The zero-order chi connectivity index (χ0) is 18.5. The van der Waals surface area contributed by atoms with Crippen molar-refractivity contribution in [3.63, 3.8) is 0 Å². The van der Waals surface area contributed by atoms with Gasteiger partial charge in [0.05, 0.1) is 12.1 Å². The molecule has 1 aliphatic rings. The Balaban J connectivity index is 1.62. The molecule has 0 saturated heterocycles. The first-order valence-electron chi connectivity index (χ1n) is 8.20. The number of aliphatic carboxylic acids is 1. The Hall–Kier alpha value is -2.67. The largest absolute Gasteiger partial charge is 0.486 e. The number of carbonyl (C=O) groups excluding carboxylic acids is 1. The van der Waals surface area contributed by atoms with Crippen LogP contribution in [0.25, 0.3) is 0 Å². The van der Waals surface area contributed by atoms with Gasteiger partial charge in [-0.15, -0.1) is 11.8 Å². The monoisotopic (exact) mass is 373 g/mol. The van der Waals surface area contributed by atoms with E-state index in [1.807, 2.05) is 24.3 Å². The lowest BCUT2D eigenvalue weighted by Gasteiger charge is -2.26. The molecule has 0 bridgehead atoms. The van der Waals surface area contributed by atoms with E-state index in [4.69, 9.17) is 14.6 Å². The predicted octanol–water partition coefficient (Wildman–Crippen LogP) is 2.82. The highest BCUT2D eigenvalue weighted by Gasteiger charge is 2.22. The normalized spacial score (nSPS) is 16.6. The van der Waals surface area contributed by atoms with Gasteiger partial charge < -0.3 is 19.9 Å². The minimum atomic E-state index is -0.920. The van der Waals surface area contributed by atoms with Crippen molar-refractivity contribution in [1.29, 1.82) is 0 Å². The van der Waals surface area contributed by atoms with Gasteiger partial charge in [-0.2, -0.15) is 0 Å². The standard InChI is InChI=1S/C19H19NO5S/c1-12(19(22)23)26-17-9-5-2-6-14(17)18(21)20-10-13-11-24-15-7-3-4-8-16(15)25-13/h2-9,12-13H,10-11H2,1H3,(H,20,21)(H,22,23). The lowest BCUT2D eigenvalue weighted by atomic mass is 10.2. The Morgan fingerprint density at radius 1 is 1.19 bits per heavy atom. The van der Waals surface area contributed by atoms with Gasteiger partial charge in [0.1, 0.15) is 18.0 Å². The van der Waals surface area contributed by atoms with E-state index in [-0.39, 0.29) is 12.0 Å². The number of nitrogens with one attached hydrogen (secondary N) is 1. The third-order valence-electron chi connectivity index (χ3n) is 3.84. The van der Waals surface area contributed by atoms with Crippen LogP contribution in [0.5, 0.6) is 11.5 Å². The fourth-order valence-electron chi connectivity index (χ4n) is 2.46. The second kappa shape index (κ2) is 8.14. The number of fused-ring (bicyclic) bond motifs is 1. The number of hydrogen-bond acceptors (Lipinski definition) is 5. The van der Waals surface area contributed by atoms with E-state index in [1.54, 1.807) is 31.2 Å². The molecule has 0 radical (unpaired) electrons. The Labute approximate surface area is 155 Å². The average Bonchev–Trinajstić information content (AvgIpc) is 2.66. The van der Waals surface area contributed by atoms with Crippen LogP contribution >= 0.6 is 11.8 Å². The summed E-state index contributed by atoms with van der Waals surface area (Å²) in [6.45, 7) is 2.23. The Kier molecular flexibility index (Phi) is 5.68. The van der Waals surface area contributed by atoms with Crippen molar-refractivity contribution in [3.8, 4) is 11.5 Å². The third-order valence-corrected chi connectivity index (χ3v) is 5.01. The lowest BCUT2D eigenvalue weighted by Crippen LogP contribution is -2.40. The second-order valence-electron chi connectivity index (χ2n) is 5.80. The number of amides is 1. The fourth-order valence-corrected chi connectivity index (χ4v) is 3.39. The van der Waals surface area contributed by atoms with Gasteiger partial charge in [-0.1, -0.05) is 24.3 Å². The fraction of sp³-hybridized carbons (Fsp3) is 0.263. The number of rotatable bonds is 6. The van der Waals surface area contributed by atoms with Gasteiger partial charge in [-0.3, -0.25) is 9.59 Å². The molecule has 1 amide bonds. The van der Waals surface area contributed by atoms with Crippen LogP contribution in [-0.4, -0.2) is 41.5 Å². The first-order chi connectivity index (χ1) is 12.5. The molecular weight excluding hydrogens is 354 g/mol. The summed E-state index contributed by atoms with van der Waals surface area (Å²) in [6, 6.07) is 14.3. The summed E-state index contributed by atoms with van der Waals surface area (Å²) in [5.74, 6) is 0.161. The minimum Gasteiger partial charge on any atom is -0.486 e. The van der Waals surface area contributed by atoms with Crippen LogP contribution in [0.1, 0.15) is 17.3 Å². The molecule has 26 heavy (non-hydrogen) atoms. The number of carboxylic acid groups (broad SMARTS) is 1. The van der Waals surface area contributed by atoms with Crippen molar-refractivity contribution in [2.45, 2.75) is 23.2 Å². The number of thioether (sulfide) groups is 1. The molecule has 0 spiro atoms. The van der Waals surface area contributed by atoms with Gasteiger partial charge in [0.2, 0.25) is 0 Å². The molecule has 0 aromatic heterocycles. The molecule has 1 aliphatic heterocycles.